The molecule has 0 aromatic carbocycles. The van der Waals surface area contributed by atoms with Gasteiger partial charge in [-0.1, -0.05) is 0 Å². The number of nitrogens with zero attached hydrogens (tertiary/aromatic N) is 7. The molecule has 0 radical (unpaired) electrons. The molecule has 29 heavy (non-hydrogen) atoms. The lowest BCUT2D eigenvalue weighted by atomic mass is 10.0. The van der Waals surface area contributed by atoms with Crippen molar-refractivity contribution >= 4 is 17.0 Å². The minimum absolute atomic E-state index is 0.391. The van der Waals surface area contributed by atoms with Gasteiger partial charge in [-0.2, -0.15) is 0 Å². The van der Waals surface area contributed by atoms with Gasteiger partial charge in [-0.15, -0.1) is 0 Å². The molecule has 1 aliphatic heterocycles. The first-order valence-corrected chi connectivity index (χ1v) is 10.5. The Bertz CT molecular complexity index is 1030. The van der Waals surface area contributed by atoms with Gasteiger partial charge in [0.2, 0.25) is 0 Å². The van der Waals surface area contributed by atoms with E-state index in [9.17, 15) is 0 Å². The van der Waals surface area contributed by atoms with Gasteiger partial charge in [-0.05, 0) is 40.5 Å². The molecule has 1 atom stereocenters. The maximum Gasteiger partial charge on any atom is 0.165 e. The van der Waals surface area contributed by atoms with Crippen molar-refractivity contribution in [2.75, 3.05) is 18.4 Å². The Hall–Kier alpha value is -2.61. The zero-order chi connectivity index (χ0) is 20.2. The van der Waals surface area contributed by atoms with Gasteiger partial charge in [-0.3, -0.25) is 4.90 Å². The van der Waals surface area contributed by atoms with Gasteiger partial charge in [-0.25, -0.2) is 24.9 Å². The highest BCUT2D eigenvalue weighted by atomic mass is 15.3. The van der Waals surface area contributed by atoms with E-state index < -0.39 is 0 Å². The fourth-order valence-corrected chi connectivity index (χ4v) is 4.50. The highest BCUT2D eigenvalue weighted by Gasteiger charge is 2.55. The van der Waals surface area contributed by atoms with Crippen molar-refractivity contribution in [3.8, 4) is 11.4 Å². The van der Waals surface area contributed by atoms with Crippen LogP contribution in [0.2, 0.25) is 0 Å². The highest BCUT2D eigenvalue weighted by Crippen LogP contribution is 2.54. The van der Waals surface area contributed by atoms with Crippen LogP contribution in [-0.2, 0) is 6.54 Å². The van der Waals surface area contributed by atoms with Crippen LogP contribution in [0.4, 0.5) is 5.82 Å². The molecule has 8 heteroatoms. The van der Waals surface area contributed by atoms with E-state index in [4.69, 9.17) is 4.98 Å². The molecule has 152 valence electrons. The SMILES string of the molecule is CCn1c(-c2cnc(C)nc2)nc2c(NC3CN(C(C)C)CC34CC4)ncnc21. The summed E-state index contributed by atoms with van der Waals surface area (Å²) in [6.07, 6.45) is 7.87. The van der Waals surface area contributed by atoms with Crippen molar-refractivity contribution in [3.63, 3.8) is 0 Å². The Morgan fingerprint density at radius 1 is 1.17 bits per heavy atom. The Kier molecular flexibility index (Phi) is 4.27. The van der Waals surface area contributed by atoms with Crippen LogP contribution in [0.15, 0.2) is 18.7 Å². The number of imidazole rings is 1. The molecule has 1 saturated heterocycles. The lowest BCUT2D eigenvalue weighted by Crippen LogP contribution is -2.32. The first-order chi connectivity index (χ1) is 14.0. The second-order valence-electron chi connectivity index (χ2n) is 8.68. The van der Waals surface area contributed by atoms with Gasteiger partial charge in [0, 0.05) is 49.5 Å². The van der Waals surface area contributed by atoms with Crippen LogP contribution < -0.4 is 5.32 Å². The van der Waals surface area contributed by atoms with Gasteiger partial charge in [0.25, 0.3) is 0 Å². The fraction of sp³-hybridized carbons (Fsp3) is 0.571. The molecule has 0 bridgehead atoms. The van der Waals surface area contributed by atoms with Crippen molar-refractivity contribution in [3.05, 3.63) is 24.5 Å². The summed E-state index contributed by atoms with van der Waals surface area (Å²) in [5, 5.41) is 3.75. The van der Waals surface area contributed by atoms with E-state index in [-0.39, 0.29) is 0 Å². The summed E-state index contributed by atoms with van der Waals surface area (Å²) in [5.41, 5.74) is 2.96. The van der Waals surface area contributed by atoms with Gasteiger partial charge in [0.15, 0.2) is 17.0 Å². The first kappa shape index (κ1) is 18.4. The Balaban J connectivity index is 1.53. The summed E-state index contributed by atoms with van der Waals surface area (Å²) < 4.78 is 2.11. The molecule has 1 N–H and O–H groups in total. The number of rotatable bonds is 5. The monoisotopic (exact) mass is 392 g/mol. The number of aromatic nitrogens is 6. The summed E-state index contributed by atoms with van der Waals surface area (Å²) >= 11 is 0. The van der Waals surface area contributed by atoms with Gasteiger partial charge >= 0.3 is 0 Å². The summed E-state index contributed by atoms with van der Waals surface area (Å²) in [4.78, 5) is 25.3. The number of hydrogen-bond acceptors (Lipinski definition) is 7. The molecule has 1 unspecified atom stereocenters. The molecule has 2 aliphatic rings. The van der Waals surface area contributed by atoms with Crippen LogP contribution in [0.25, 0.3) is 22.6 Å². The Morgan fingerprint density at radius 2 is 1.93 bits per heavy atom. The number of likely N-dealkylation sites (tertiary alicyclic amines) is 1. The lowest BCUT2D eigenvalue weighted by molar-refractivity contribution is 0.261. The number of fused-ring (bicyclic) bond motifs is 1. The number of aryl methyl sites for hydroxylation is 2. The van der Waals surface area contributed by atoms with E-state index >= 15 is 0 Å². The second kappa shape index (κ2) is 6.73. The zero-order valence-corrected chi connectivity index (χ0v) is 17.6. The molecule has 2 fully saturated rings. The predicted octanol–water partition coefficient (Wildman–Crippen LogP) is 2.90. The molecule has 1 spiro atoms. The maximum atomic E-state index is 4.93. The van der Waals surface area contributed by atoms with E-state index in [1.54, 1.807) is 6.33 Å². The minimum Gasteiger partial charge on any atom is -0.363 e. The molecular formula is C21H28N8. The third kappa shape index (κ3) is 3.06. The molecular weight excluding hydrogens is 364 g/mol. The minimum atomic E-state index is 0.391. The molecule has 1 aliphatic carbocycles. The molecule has 5 rings (SSSR count). The Morgan fingerprint density at radius 3 is 2.59 bits per heavy atom. The van der Waals surface area contributed by atoms with Crippen molar-refractivity contribution < 1.29 is 0 Å². The lowest BCUT2D eigenvalue weighted by Gasteiger charge is -2.20. The molecule has 1 saturated carbocycles. The average Bonchev–Trinajstić information content (AvgIpc) is 3.25. The topological polar surface area (TPSA) is 84.7 Å². The summed E-state index contributed by atoms with van der Waals surface area (Å²) in [6.45, 7) is 11.5. The van der Waals surface area contributed by atoms with Crippen molar-refractivity contribution in [1.82, 2.24) is 34.4 Å². The van der Waals surface area contributed by atoms with Crippen molar-refractivity contribution in [1.29, 1.82) is 0 Å². The van der Waals surface area contributed by atoms with Crippen LogP contribution in [0.1, 0.15) is 39.4 Å². The molecule has 3 aromatic rings. The fourth-order valence-electron chi connectivity index (χ4n) is 4.50. The van der Waals surface area contributed by atoms with Gasteiger partial charge in [0.05, 0.1) is 5.56 Å². The molecule has 3 aromatic heterocycles. The van der Waals surface area contributed by atoms with Crippen LogP contribution in [-0.4, -0.2) is 59.6 Å². The van der Waals surface area contributed by atoms with E-state index in [1.807, 2.05) is 19.3 Å². The normalized spacial score (nSPS) is 20.8. The second-order valence-corrected chi connectivity index (χ2v) is 8.68. The first-order valence-electron chi connectivity index (χ1n) is 10.5. The molecule has 8 nitrogen and oxygen atoms in total. The van der Waals surface area contributed by atoms with Crippen molar-refractivity contribution in [2.24, 2.45) is 5.41 Å². The highest BCUT2D eigenvalue weighted by molar-refractivity contribution is 5.86. The smallest absolute Gasteiger partial charge is 0.165 e. The zero-order valence-electron chi connectivity index (χ0n) is 17.6. The molecule has 0 amide bonds. The largest absolute Gasteiger partial charge is 0.363 e. The standard InChI is InChI=1S/C21H28N8/c1-5-29-19(15-8-22-14(4)23-9-15)27-17-18(24-12-25-20(17)29)26-16-10-28(13(2)3)11-21(16)6-7-21/h8-9,12-13,16H,5-7,10-11H2,1-4H3,(H,24,25,26). The van der Waals surface area contributed by atoms with E-state index in [0.717, 1.165) is 47.3 Å². The van der Waals surface area contributed by atoms with E-state index in [2.05, 4.69) is 55.5 Å². The van der Waals surface area contributed by atoms with E-state index in [1.165, 1.54) is 19.4 Å². The van der Waals surface area contributed by atoms with E-state index in [0.29, 0.717) is 17.5 Å². The third-order valence-electron chi connectivity index (χ3n) is 6.50. The number of hydrogen-bond donors (Lipinski definition) is 1. The third-order valence-corrected chi connectivity index (χ3v) is 6.50. The Labute approximate surface area is 170 Å². The van der Waals surface area contributed by atoms with Gasteiger partial charge in [0.1, 0.15) is 18.0 Å². The van der Waals surface area contributed by atoms with Crippen molar-refractivity contribution in [2.45, 2.75) is 59.2 Å². The van der Waals surface area contributed by atoms with Crippen LogP contribution in [0.5, 0.6) is 0 Å². The molecule has 4 heterocycles. The van der Waals surface area contributed by atoms with Crippen LogP contribution in [0, 0.1) is 12.3 Å². The number of anilines is 1. The number of nitrogens with one attached hydrogen (secondary N) is 1. The van der Waals surface area contributed by atoms with Crippen LogP contribution in [0.3, 0.4) is 0 Å². The summed E-state index contributed by atoms with van der Waals surface area (Å²) in [7, 11) is 0. The van der Waals surface area contributed by atoms with Crippen LogP contribution >= 0.6 is 0 Å². The average molecular weight is 393 g/mol. The summed E-state index contributed by atoms with van der Waals surface area (Å²) in [5.74, 6) is 2.42. The predicted molar refractivity (Wildman–Crippen MR) is 113 cm³/mol. The maximum absolute atomic E-state index is 4.93. The van der Waals surface area contributed by atoms with Gasteiger partial charge < -0.3 is 9.88 Å². The summed E-state index contributed by atoms with van der Waals surface area (Å²) in [6, 6.07) is 0.970. The quantitative estimate of drug-likeness (QED) is 0.714.